The second-order valence-electron chi connectivity index (χ2n) is 8.00. The molecule has 1 heterocycles. The first-order chi connectivity index (χ1) is 16.7. The Labute approximate surface area is 206 Å². The molecule has 1 saturated heterocycles. The molecule has 1 fully saturated rings. The Bertz CT molecular complexity index is 1130. The summed E-state index contributed by atoms with van der Waals surface area (Å²) in [5.41, 5.74) is 5.35. The average molecular weight is 502 g/mol. The van der Waals surface area contributed by atoms with Crippen LogP contribution in [0.15, 0.2) is 48.5 Å². The van der Waals surface area contributed by atoms with E-state index >= 15 is 0 Å². The van der Waals surface area contributed by atoms with Gasteiger partial charge in [0.15, 0.2) is 6.61 Å². The maximum atomic E-state index is 12.4. The minimum Gasteiger partial charge on any atom is -0.459 e. The number of ether oxygens (including phenoxy) is 2. The first-order valence-corrected chi connectivity index (χ1v) is 11.1. The highest BCUT2D eigenvalue weighted by atomic mass is 35.5. The molecule has 10 nitrogen and oxygen atoms in total. The predicted octanol–water partition coefficient (Wildman–Crippen LogP) is 2.26. The van der Waals surface area contributed by atoms with Crippen LogP contribution in [0.25, 0.3) is 0 Å². The van der Waals surface area contributed by atoms with E-state index in [4.69, 9.17) is 21.1 Å². The van der Waals surface area contributed by atoms with E-state index in [-0.39, 0.29) is 35.6 Å². The zero-order chi connectivity index (χ0) is 25.5. The number of nitrogens with zero attached hydrogens (tertiary/aromatic N) is 1. The third kappa shape index (κ3) is 6.80. The molecule has 0 aliphatic carbocycles. The molecule has 2 aromatic carbocycles. The summed E-state index contributed by atoms with van der Waals surface area (Å²) in [4.78, 5) is 62.2. The Balaban J connectivity index is 1.47. The Morgan fingerprint density at radius 2 is 1.74 bits per heavy atom. The number of nitrogens with one attached hydrogen (secondary N) is 2. The molecule has 0 saturated carbocycles. The van der Waals surface area contributed by atoms with Gasteiger partial charge in [-0.05, 0) is 50.2 Å². The highest BCUT2D eigenvalue weighted by molar-refractivity contribution is 6.33. The lowest BCUT2D eigenvalue weighted by molar-refractivity contribution is -0.152. The number of carbonyl (C=O) groups is 5. The third-order valence-electron chi connectivity index (χ3n) is 5.00. The van der Waals surface area contributed by atoms with E-state index in [0.29, 0.717) is 11.3 Å². The Hall–Kier alpha value is -3.92. The van der Waals surface area contributed by atoms with E-state index in [1.165, 1.54) is 17.0 Å². The molecular formula is C24H24ClN3O7. The number of rotatable bonds is 7. The molecule has 2 aromatic rings. The van der Waals surface area contributed by atoms with Gasteiger partial charge in [0, 0.05) is 18.7 Å². The van der Waals surface area contributed by atoms with Gasteiger partial charge in [-0.25, -0.2) is 4.79 Å². The quantitative estimate of drug-likeness (QED) is 0.439. The van der Waals surface area contributed by atoms with Crippen LogP contribution in [0.4, 0.5) is 5.69 Å². The topological polar surface area (TPSA) is 131 Å². The minimum absolute atomic E-state index is 0.0678. The van der Waals surface area contributed by atoms with E-state index in [9.17, 15) is 24.0 Å². The maximum absolute atomic E-state index is 12.4. The maximum Gasteiger partial charge on any atom is 0.338 e. The number of esters is 2. The largest absolute Gasteiger partial charge is 0.459 e. The van der Waals surface area contributed by atoms with Crippen LogP contribution in [-0.4, -0.2) is 48.9 Å². The van der Waals surface area contributed by atoms with E-state index in [1.807, 2.05) is 0 Å². The van der Waals surface area contributed by atoms with Crippen LogP contribution in [0.2, 0.25) is 5.02 Å². The molecule has 0 bridgehead atoms. The minimum atomic E-state index is -0.765. The molecule has 1 aliphatic rings. The third-order valence-corrected chi connectivity index (χ3v) is 5.32. The molecular weight excluding hydrogens is 478 g/mol. The lowest BCUT2D eigenvalue weighted by Gasteiger charge is -2.17. The van der Waals surface area contributed by atoms with Gasteiger partial charge in [-0.3, -0.25) is 30.0 Å². The molecule has 1 aliphatic heterocycles. The summed E-state index contributed by atoms with van der Waals surface area (Å²) in [6.07, 6.45) is -0.337. The van der Waals surface area contributed by atoms with Gasteiger partial charge in [0.2, 0.25) is 5.91 Å². The van der Waals surface area contributed by atoms with Crippen LogP contribution < -0.4 is 15.8 Å². The number of hydrazine groups is 1. The van der Waals surface area contributed by atoms with Gasteiger partial charge in [0.25, 0.3) is 11.8 Å². The molecule has 0 radical (unpaired) electrons. The van der Waals surface area contributed by atoms with Crippen molar-refractivity contribution in [1.82, 2.24) is 10.9 Å². The molecule has 0 aromatic heterocycles. The van der Waals surface area contributed by atoms with Gasteiger partial charge in [-0.15, -0.1) is 0 Å². The van der Waals surface area contributed by atoms with Crippen LogP contribution in [0.1, 0.15) is 41.0 Å². The fourth-order valence-corrected chi connectivity index (χ4v) is 3.53. The monoisotopic (exact) mass is 501 g/mol. The van der Waals surface area contributed by atoms with Gasteiger partial charge >= 0.3 is 11.9 Å². The van der Waals surface area contributed by atoms with Crippen molar-refractivity contribution in [3.63, 3.8) is 0 Å². The van der Waals surface area contributed by atoms with Crippen molar-refractivity contribution in [1.29, 1.82) is 0 Å². The number of benzene rings is 2. The molecule has 3 amide bonds. The molecule has 2 N–H and O–H groups in total. The van der Waals surface area contributed by atoms with E-state index in [1.54, 1.807) is 50.2 Å². The van der Waals surface area contributed by atoms with Crippen LogP contribution in [0.5, 0.6) is 0 Å². The van der Waals surface area contributed by atoms with Crippen LogP contribution in [0, 0.1) is 5.92 Å². The van der Waals surface area contributed by atoms with Crippen molar-refractivity contribution < 1.29 is 33.4 Å². The molecule has 1 atom stereocenters. The molecule has 11 heteroatoms. The van der Waals surface area contributed by atoms with Gasteiger partial charge < -0.3 is 14.4 Å². The first-order valence-electron chi connectivity index (χ1n) is 10.8. The number of amides is 3. The van der Waals surface area contributed by atoms with E-state index in [2.05, 4.69) is 10.9 Å². The summed E-state index contributed by atoms with van der Waals surface area (Å²) in [6.45, 7) is 2.92. The zero-order valence-corrected chi connectivity index (χ0v) is 19.8. The number of hydrogen-bond acceptors (Lipinski definition) is 7. The van der Waals surface area contributed by atoms with E-state index in [0.717, 1.165) is 0 Å². The van der Waals surface area contributed by atoms with E-state index < -0.39 is 36.3 Å². The van der Waals surface area contributed by atoms with Crippen molar-refractivity contribution in [2.24, 2.45) is 5.92 Å². The SMILES string of the molecule is CC(C)OC(=O)c1ccc(N2C[C@@H](C(=O)OCC(=O)NNC(=O)c3ccccc3Cl)CC2=O)cc1. The molecule has 35 heavy (non-hydrogen) atoms. The molecule has 0 unspecified atom stereocenters. The fourth-order valence-electron chi connectivity index (χ4n) is 3.30. The summed E-state index contributed by atoms with van der Waals surface area (Å²) < 4.78 is 10.1. The first kappa shape index (κ1) is 25.7. The van der Waals surface area contributed by atoms with Crippen molar-refractivity contribution in [2.75, 3.05) is 18.1 Å². The predicted molar refractivity (Wildman–Crippen MR) is 125 cm³/mol. The van der Waals surface area contributed by atoms with Crippen molar-refractivity contribution in [2.45, 2.75) is 26.4 Å². The van der Waals surface area contributed by atoms with Crippen molar-refractivity contribution in [3.8, 4) is 0 Å². The summed E-state index contributed by atoms with van der Waals surface area (Å²) >= 11 is 5.92. The van der Waals surface area contributed by atoms with Gasteiger partial charge in [-0.1, -0.05) is 23.7 Å². The standard InChI is InChI=1S/C24H24ClN3O7/c1-14(2)35-24(33)15-7-9-17(10-8-15)28-12-16(11-21(28)30)23(32)34-13-20(29)26-27-22(31)18-5-3-4-6-19(18)25/h3-10,14,16H,11-13H2,1-2H3,(H,26,29)(H,27,31)/t16-/m0/s1. The second kappa shape index (κ2) is 11.5. The summed E-state index contributed by atoms with van der Waals surface area (Å²) in [7, 11) is 0. The smallest absolute Gasteiger partial charge is 0.338 e. The molecule has 0 spiro atoms. The summed E-state index contributed by atoms with van der Waals surface area (Å²) in [5, 5.41) is 0.214. The average Bonchev–Trinajstić information content (AvgIpc) is 3.22. The Morgan fingerprint density at radius 3 is 2.40 bits per heavy atom. The lowest BCUT2D eigenvalue weighted by Crippen LogP contribution is -2.44. The highest BCUT2D eigenvalue weighted by Gasteiger charge is 2.36. The number of hydrogen-bond donors (Lipinski definition) is 2. The summed E-state index contributed by atoms with van der Waals surface area (Å²) in [5.74, 6) is -3.63. The van der Waals surface area contributed by atoms with Crippen molar-refractivity contribution in [3.05, 3.63) is 64.7 Å². The van der Waals surface area contributed by atoms with Crippen molar-refractivity contribution >= 4 is 46.9 Å². The van der Waals surface area contributed by atoms with Crippen LogP contribution in [0.3, 0.4) is 0 Å². The normalized spacial score (nSPS) is 15.0. The van der Waals surface area contributed by atoms with Crippen LogP contribution >= 0.6 is 11.6 Å². The zero-order valence-electron chi connectivity index (χ0n) is 19.1. The van der Waals surface area contributed by atoms with Gasteiger partial charge in [-0.2, -0.15) is 0 Å². The second-order valence-corrected chi connectivity index (χ2v) is 8.40. The molecule has 184 valence electrons. The van der Waals surface area contributed by atoms with Crippen LogP contribution in [-0.2, 0) is 23.9 Å². The number of halogens is 1. The summed E-state index contributed by atoms with van der Waals surface area (Å²) in [6, 6.07) is 12.6. The van der Waals surface area contributed by atoms with Gasteiger partial charge in [0.05, 0.1) is 28.2 Å². The van der Waals surface area contributed by atoms with Gasteiger partial charge in [0.1, 0.15) is 0 Å². The highest BCUT2D eigenvalue weighted by Crippen LogP contribution is 2.26. The number of anilines is 1. The Kier molecular flexibility index (Phi) is 8.43. The molecule has 3 rings (SSSR count). The Morgan fingerprint density at radius 1 is 1.06 bits per heavy atom. The fraction of sp³-hybridized carbons (Fsp3) is 0.292. The lowest BCUT2D eigenvalue weighted by atomic mass is 10.1. The number of carbonyl (C=O) groups excluding carboxylic acids is 5.